The Bertz CT molecular complexity index is 401. The fourth-order valence-electron chi connectivity index (χ4n) is 1.83. The minimum atomic E-state index is -0.552. The summed E-state index contributed by atoms with van der Waals surface area (Å²) in [5, 5.41) is 0.0856. The van der Waals surface area contributed by atoms with E-state index in [9.17, 15) is 8.78 Å². The summed E-state index contributed by atoms with van der Waals surface area (Å²) < 4.78 is 26.5. The van der Waals surface area contributed by atoms with Crippen molar-refractivity contribution in [3.8, 4) is 0 Å². The molecule has 0 saturated heterocycles. The Kier molecular flexibility index (Phi) is 5.17. The average Bonchev–Trinajstić information content (AvgIpc) is 2.25. The molecule has 0 bridgehead atoms. The Labute approximate surface area is 112 Å². The molecule has 0 aliphatic heterocycles. The van der Waals surface area contributed by atoms with Gasteiger partial charge in [0.05, 0.1) is 0 Å². The fourth-order valence-corrected chi connectivity index (χ4v) is 3.14. The molecule has 18 heavy (non-hydrogen) atoms. The van der Waals surface area contributed by atoms with Crippen molar-refractivity contribution in [1.29, 1.82) is 0 Å². The molecule has 0 radical (unpaired) electrons. The van der Waals surface area contributed by atoms with E-state index < -0.39 is 11.6 Å². The lowest BCUT2D eigenvalue weighted by Crippen LogP contribution is -2.40. The predicted octanol–water partition coefficient (Wildman–Crippen LogP) is 4.21. The third-order valence-electron chi connectivity index (χ3n) is 2.86. The Hall–Kier alpha value is -0.610. The molecule has 2 atom stereocenters. The highest BCUT2D eigenvalue weighted by molar-refractivity contribution is 8.00. The van der Waals surface area contributed by atoms with Crippen LogP contribution in [0.2, 0.25) is 0 Å². The number of halogens is 2. The minimum Gasteiger partial charge on any atom is -0.327 e. The van der Waals surface area contributed by atoms with E-state index in [4.69, 9.17) is 5.73 Å². The molecule has 1 aromatic carbocycles. The lowest BCUT2D eigenvalue weighted by atomic mass is 9.87. The lowest BCUT2D eigenvalue weighted by Gasteiger charge is -2.34. The summed E-state index contributed by atoms with van der Waals surface area (Å²) in [7, 11) is 0. The van der Waals surface area contributed by atoms with Crippen LogP contribution in [0, 0.1) is 17.0 Å². The van der Waals surface area contributed by atoms with Crippen LogP contribution in [0.1, 0.15) is 34.1 Å². The molecule has 0 aliphatic carbocycles. The van der Waals surface area contributed by atoms with E-state index in [-0.39, 0.29) is 16.7 Å². The second-order valence-electron chi connectivity index (χ2n) is 5.55. The summed E-state index contributed by atoms with van der Waals surface area (Å²) >= 11 is 1.40. The van der Waals surface area contributed by atoms with Crippen molar-refractivity contribution >= 4 is 11.8 Å². The Morgan fingerprint density at radius 2 is 1.89 bits per heavy atom. The van der Waals surface area contributed by atoms with Crippen LogP contribution in [0.4, 0.5) is 8.78 Å². The molecule has 0 amide bonds. The van der Waals surface area contributed by atoms with Crippen molar-refractivity contribution in [2.45, 2.75) is 50.3 Å². The van der Waals surface area contributed by atoms with E-state index in [1.807, 2.05) is 6.92 Å². The molecule has 1 rings (SSSR count). The van der Waals surface area contributed by atoms with E-state index in [1.54, 1.807) is 0 Å². The number of thioether (sulfide) groups is 1. The van der Waals surface area contributed by atoms with Gasteiger partial charge in [0.1, 0.15) is 11.6 Å². The van der Waals surface area contributed by atoms with Gasteiger partial charge in [0.2, 0.25) is 0 Å². The van der Waals surface area contributed by atoms with Crippen LogP contribution in [0.15, 0.2) is 23.1 Å². The molecule has 0 spiro atoms. The summed E-state index contributed by atoms with van der Waals surface area (Å²) in [5.74, 6) is -1.07. The maximum atomic E-state index is 13.7. The third-order valence-corrected chi connectivity index (χ3v) is 4.76. The van der Waals surface area contributed by atoms with Crippen LogP contribution in [0.25, 0.3) is 0 Å². The van der Waals surface area contributed by atoms with Crippen molar-refractivity contribution in [2.24, 2.45) is 11.1 Å². The summed E-state index contributed by atoms with van der Waals surface area (Å²) in [6, 6.07) is 3.66. The molecule has 2 N–H and O–H groups in total. The van der Waals surface area contributed by atoms with Gasteiger partial charge in [-0.3, -0.25) is 0 Å². The minimum absolute atomic E-state index is 0.0144. The summed E-state index contributed by atoms with van der Waals surface area (Å²) in [4.78, 5) is 0.459. The maximum absolute atomic E-state index is 13.7. The second kappa shape index (κ2) is 6.02. The van der Waals surface area contributed by atoms with Crippen molar-refractivity contribution in [3.05, 3.63) is 29.8 Å². The predicted molar refractivity (Wildman–Crippen MR) is 73.7 cm³/mol. The normalized spacial score (nSPS) is 15.5. The number of nitrogens with two attached hydrogens (primary N) is 1. The largest absolute Gasteiger partial charge is 0.327 e. The van der Waals surface area contributed by atoms with E-state index in [0.29, 0.717) is 4.90 Å². The first-order chi connectivity index (χ1) is 8.25. The van der Waals surface area contributed by atoms with Crippen molar-refractivity contribution in [2.75, 3.05) is 0 Å². The summed E-state index contributed by atoms with van der Waals surface area (Å²) in [5.41, 5.74) is 6.07. The van der Waals surface area contributed by atoms with Crippen LogP contribution < -0.4 is 5.73 Å². The van der Waals surface area contributed by atoms with Crippen LogP contribution >= 0.6 is 11.8 Å². The van der Waals surface area contributed by atoms with Crippen molar-refractivity contribution < 1.29 is 8.78 Å². The van der Waals surface area contributed by atoms with E-state index in [1.165, 1.54) is 23.9 Å². The number of hydrogen-bond acceptors (Lipinski definition) is 2. The van der Waals surface area contributed by atoms with Gasteiger partial charge in [0, 0.05) is 22.3 Å². The first-order valence-corrected chi connectivity index (χ1v) is 7.01. The number of hydrogen-bond donors (Lipinski definition) is 1. The first-order valence-electron chi connectivity index (χ1n) is 6.13. The Morgan fingerprint density at radius 3 is 2.33 bits per heavy atom. The first kappa shape index (κ1) is 15.4. The smallest absolute Gasteiger partial charge is 0.139 e. The fraction of sp³-hybridized carbons (Fsp3) is 0.571. The Balaban J connectivity index is 2.96. The van der Waals surface area contributed by atoms with Crippen LogP contribution in [-0.4, -0.2) is 11.3 Å². The molecule has 0 aromatic heterocycles. The SMILES string of the molecule is CCC(N)C(Sc1ccc(F)cc1F)C(C)(C)C. The van der Waals surface area contributed by atoms with Gasteiger partial charge >= 0.3 is 0 Å². The third kappa shape index (κ3) is 3.95. The Morgan fingerprint density at radius 1 is 1.28 bits per heavy atom. The van der Waals surface area contributed by atoms with Gasteiger partial charge in [-0.1, -0.05) is 27.7 Å². The van der Waals surface area contributed by atoms with Gasteiger partial charge in [-0.25, -0.2) is 8.78 Å². The maximum Gasteiger partial charge on any atom is 0.139 e. The van der Waals surface area contributed by atoms with E-state index in [2.05, 4.69) is 20.8 Å². The highest BCUT2D eigenvalue weighted by Gasteiger charge is 2.31. The number of rotatable bonds is 4. The monoisotopic (exact) mass is 273 g/mol. The molecular formula is C14H21F2NS. The molecule has 0 fully saturated rings. The quantitative estimate of drug-likeness (QED) is 0.832. The molecule has 0 aliphatic rings. The average molecular weight is 273 g/mol. The molecular weight excluding hydrogens is 252 g/mol. The van der Waals surface area contributed by atoms with Crippen LogP contribution in [-0.2, 0) is 0 Å². The van der Waals surface area contributed by atoms with Gasteiger partial charge in [0.25, 0.3) is 0 Å². The molecule has 102 valence electrons. The standard InChI is InChI=1S/C14H21F2NS/c1-5-11(17)13(14(2,3)4)18-12-7-6-9(15)8-10(12)16/h6-8,11,13H,5,17H2,1-4H3. The lowest BCUT2D eigenvalue weighted by molar-refractivity contribution is 0.350. The molecule has 2 unspecified atom stereocenters. The molecule has 0 saturated carbocycles. The van der Waals surface area contributed by atoms with Crippen molar-refractivity contribution in [3.63, 3.8) is 0 Å². The zero-order valence-electron chi connectivity index (χ0n) is 11.3. The zero-order chi connectivity index (χ0) is 13.9. The highest BCUT2D eigenvalue weighted by atomic mass is 32.2. The van der Waals surface area contributed by atoms with Gasteiger partial charge in [-0.15, -0.1) is 11.8 Å². The molecule has 1 nitrogen and oxygen atoms in total. The highest BCUT2D eigenvalue weighted by Crippen LogP contribution is 2.38. The summed E-state index contributed by atoms with van der Waals surface area (Å²) in [6.45, 7) is 8.27. The van der Waals surface area contributed by atoms with Crippen LogP contribution in [0.5, 0.6) is 0 Å². The van der Waals surface area contributed by atoms with E-state index in [0.717, 1.165) is 12.5 Å². The second-order valence-corrected chi connectivity index (χ2v) is 6.73. The van der Waals surface area contributed by atoms with Gasteiger partial charge in [-0.2, -0.15) is 0 Å². The van der Waals surface area contributed by atoms with Gasteiger partial charge < -0.3 is 5.73 Å². The number of benzene rings is 1. The van der Waals surface area contributed by atoms with E-state index >= 15 is 0 Å². The zero-order valence-corrected chi connectivity index (χ0v) is 12.2. The molecule has 4 heteroatoms. The van der Waals surface area contributed by atoms with Gasteiger partial charge in [0.15, 0.2) is 0 Å². The topological polar surface area (TPSA) is 26.0 Å². The van der Waals surface area contributed by atoms with Crippen molar-refractivity contribution in [1.82, 2.24) is 0 Å². The molecule has 1 aromatic rings. The molecule has 0 heterocycles. The van der Waals surface area contributed by atoms with Crippen LogP contribution in [0.3, 0.4) is 0 Å². The summed E-state index contributed by atoms with van der Waals surface area (Å²) in [6.07, 6.45) is 0.831. The van der Waals surface area contributed by atoms with Gasteiger partial charge in [-0.05, 0) is 24.0 Å².